The fourth-order valence-corrected chi connectivity index (χ4v) is 2.28. The van der Waals surface area contributed by atoms with Gasteiger partial charge in [0.15, 0.2) is 0 Å². The van der Waals surface area contributed by atoms with Gasteiger partial charge in [-0.3, -0.25) is 9.59 Å². The van der Waals surface area contributed by atoms with Crippen molar-refractivity contribution in [2.75, 3.05) is 19.7 Å². The van der Waals surface area contributed by atoms with E-state index in [0.717, 1.165) is 11.1 Å². The molecule has 1 saturated heterocycles. The molecule has 1 aromatic carbocycles. The Labute approximate surface area is 123 Å². The van der Waals surface area contributed by atoms with Crippen LogP contribution in [0.25, 0.3) is 6.08 Å². The first-order valence-corrected chi connectivity index (χ1v) is 6.92. The molecule has 0 spiro atoms. The number of nitrogens with zero attached hydrogens (tertiary/aromatic N) is 1. The molecule has 0 aliphatic carbocycles. The maximum Gasteiger partial charge on any atom is 0.306 e. The van der Waals surface area contributed by atoms with Gasteiger partial charge < -0.3 is 14.7 Å². The third kappa shape index (κ3) is 4.43. The van der Waals surface area contributed by atoms with Crippen LogP contribution in [0, 0.1) is 6.92 Å². The van der Waals surface area contributed by atoms with Crippen molar-refractivity contribution in [1.29, 1.82) is 0 Å². The lowest BCUT2D eigenvalue weighted by Crippen LogP contribution is -2.45. The van der Waals surface area contributed by atoms with Gasteiger partial charge in [-0.2, -0.15) is 0 Å². The number of hydrogen-bond donors (Lipinski definition) is 1. The Kier molecular flexibility index (Phi) is 5.11. The molecule has 1 fully saturated rings. The van der Waals surface area contributed by atoms with E-state index in [1.165, 1.54) is 6.08 Å². The number of carbonyl (C=O) groups is 2. The smallest absolute Gasteiger partial charge is 0.306 e. The van der Waals surface area contributed by atoms with Crippen LogP contribution < -0.4 is 0 Å². The Morgan fingerprint density at radius 1 is 1.43 bits per heavy atom. The standard InChI is InChI=1S/C16H19NO4/c1-12-4-2-3-5-13(12)6-7-15(18)17-8-9-21-14(11-17)10-16(19)20/h2-7,14H,8-11H2,1H3,(H,19,20). The van der Waals surface area contributed by atoms with Gasteiger partial charge in [-0.25, -0.2) is 0 Å². The number of hydrogen-bond acceptors (Lipinski definition) is 3. The lowest BCUT2D eigenvalue weighted by Gasteiger charge is -2.31. The molecular formula is C16H19NO4. The fourth-order valence-electron chi connectivity index (χ4n) is 2.28. The number of morpholine rings is 1. The lowest BCUT2D eigenvalue weighted by atomic mass is 10.1. The van der Waals surface area contributed by atoms with Crippen LogP contribution in [0.3, 0.4) is 0 Å². The molecule has 112 valence electrons. The monoisotopic (exact) mass is 289 g/mol. The fraction of sp³-hybridized carbons (Fsp3) is 0.375. The molecule has 0 bridgehead atoms. The van der Waals surface area contributed by atoms with E-state index >= 15 is 0 Å². The van der Waals surface area contributed by atoms with Crippen LogP contribution in [0.1, 0.15) is 17.5 Å². The molecule has 1 aliphatic heterocycles. The Morgan fingerprint density at radius 3 is 2.90 bits per heavy atom. The van der Waals surface area contributed by atoms with Gasteiger partial charge in [0, 0.05) is 19.2 Å². The molecule has 1 atom stereocenters. The maximum atomic E-state index is 12.2. The lowest BCUT2D eigenvalue weighted by molar-refractivity contribution is -0.145. The van der Waals surface area contributed by atoms with Crippen molar-refractivity contribution in [3.8, 4) is 0 Å². The number of rotatable bonds is 4. The van der Waals surface area contributed by atoms with Crippen LogP contribution in [0.4, 0.5) is 0 Å². The summed E-state index contributed by atoms with van der Waals surface area (Å²) in [5.41, 5.74) is 2.11. The number of carboxylic acids is 1. The second-order valence-corrected chi connectivity index (χ2v) is 5.06. The normalized spacial score (nSPS) is 18.9. The zero-order valence-electron chi connectivity index (χ0n) is 12.0. The summed E-state index contributed by atoms with van der Waals surface area (Å²) in [4.78, 5) is 24.5. The van der Waals surface area contributed by atoms with Crippen LogP contribution in [-0.2, 0) is 14.3 Å². The molecule has 1 unspecified atom stereocenters. The number of amides is 1. The first-order valence-electron chi connectivity index (χ1n) is 6.92. The first kappa shape index (κ1) is 15.3. The minimum atomic E-state index is -0.912. The minimum absolute atomic E-state index is 0.0781. The average molecular weight is 289 g/mol. The summed E-state index contributed by atoms with van der Waals surface area (Å²) < 4.78 is 5.35. The molecule has 1 aliphatic rings. The van der Waals surface area contributed by atoms with E-state index in [9.17, 15) is 9.59 Å². The number of benzene rings is 1. The summed E-state index contributed by atoms with van der Waals surface area (Å²) in [6, 6.07) is 7.81. The molecule has 2 rings (SSSR count). The summed E-state index contributed by atoms with van der Waals surface area (Å²) in [5, 5.41) is 8.78. The number of carboxylic acid groups (broad SMARTS) is 1. The Balaban J connectivity index is 1.96. The molecule has 5 heteroatoms. The highest BCUT2D eigenvalue weighted by Crippen LogP contribution is 2.12. The number of aliphatic carboxylic acids is 1. The zero-order chi connectivity index (χ0) is 15.2. The van der Waals surface area contributed by atoms with Crippen LogP contribution in [0.2, 0.25) is 0 Å². The Hall–Kier alpha value is -2.14. The molecular weight excluding hydrogens is 270 g/mol. The van der Waals surface area contributed by atoms with E-state index < -0.39 is 12.1 Å². The van der Waals surface area contributed by atoms with Gasteiger partial charge in [0.2, 0.25) is 5.91 Å². The summed E-state index contributed by atoms with van der Waals surface area (Å²) in [6.45, 7) is 3.18. The van der Waals surface area contributed by atoms with Gasteiger partial charge in [0.05, 0.1) is 19.1 Å². The van der Waals surface area contributed by atoms with Crippen molar-refractivity contribution in [2.45, 2.75) is 19.4 Å². The van der Waals surface area contributed by atoms with Gasteiger partial charge >= 0.3 is 5.97 Å². The van der Waals surface area contributed by atoms with Crippen molar-refractivity contribution < 1.29 is 19.4 Å². The molecule has 1 amide bonds. The Morgan fingerprint density at radius 2 is 2.19 bits per heavy atom. The highest BCUT2D eigenvalue weighted by molar-refractivity contribution is 5.92. The molecule has 1 N–H and O–H groups in total. The van der Waals surface area contributed by atoms with Gasteiger partial charge in [0.25, 0.3) is 0 Å². The molecule has 0 radical (unpaired) electrons. The molecule has 1 heterocycles. The van der Waals surface area contributed by atoms with E-state index in [1.54, 1.807) is 11.0 Å². The van der Waals surface area contributed by atoms with E-state index in [2.05, 4.69) is 0 Å². The minimum Gasteiger partial charge on any atom is -0.481 e. The number of ether oxygens (including phenoxy) is 1. The van der Waals surface area contributed by atoms with Crippen molar-refractivity contribution >= 4 is 18.0 Å². The maximum absolute atomic E-state index is 12.2. The number of aryl methyl sites for hydroxylation is 1. The predicted octanol–water partition coefficient (Wildman–Crippen LogP) is 1.71. The van der Waals surface area contributed by atoms with E-state index in [1.807, 2.05) is 31.2 Å². The second kappa shape index (κ2) is 7.04. The van der Waals surface area contributed by atoms with Crippen LogP contribution in [-0.4, -0.2) is 47.7 Å². The van der Waals surface area contributed by atoms with Crippen molar-refractivity contribution in [1.82, 2.24) is 4.90 Å². The van der Waals surface area contributed by atoms with Crippen LogP contribution >= 0.6 is 0 Å². The first-order chi connectivity index (χ1) is 10.1. The third-order valence-corrected chi connectivity index (χ3v) is 3.45. The summed E-state index contributed by atoms with van der Waals surface area (Å²) in [6.07, 6.45) is 2.82. The zero-order valence-corrected chi connectivity index (χ0v) is 12.0. The van der Waals surface area contributed by atoms with Gasteiger partial charge in [-0.05, 0) is 24.1 Å². The second-order valence-electron chi connectivity index (χ2n) is 5.06. The summed E-state index contributed by atoms with van der Waals surface area (Å²) in [5.74, 6) is -1.03. The van der Waals surface area contributed by atoms with Crippen LogP contribution in [0.15, 0.2) is 30.3 Å². The molecule has 21 heavy (non-hydrogen) atoms. The van der Waals surface area contributed by atoms with E-state index in [-0.39, 0.29) is 12.3 Å². The molecule has 5 nitrogen and oxygen atoms in total. The highest BCUT2D eigenvalue weighted by Gasteiger charge is 2.24. The Bertz CT molecular complexity index is 553. The predicted molar refractivity (Wildman–Crippen MR) is 78.8 cm³/mol. The summed E-state index contributed by atoms with van der Waals surface area (Å²) >= 11 is 0. The third-order valence-electron chi connectivity index (χ3n) is 3.45. The summed E-state index contributed by atoms with van der Waals surface area (Å²) in [7, 11) is 0. The van der Waals surface area contributed by atoms with Gasteiger partial charge in [-0.15, -0.1) is 0 Å². The van der Waals surface area contributed by atoms with Crippen LogP contribution in [0.5, 0.6) is 0 Å². The molecule has 0 saturated carbocycles. The largest absolute Gasteiger partial charge is 0.481 e. The van der Waals surface area contributed by atoms with Gasteiger partial charge in [0.1, 0.15) is 0 Å². The van der Waals surface area contributed by atoms with Crippen molar-refractivity contribution in [3.63, 3.8) is 0 Å². The quantitative estimate of drug-likeness (QED) is 0.857. The highest BCUT2D eigenvalue weighted by atomic mass is 16.5. The topological polar surface area (TPSA) is 66.8 Å². The SMILES string of the molecule is Cc1ccccc1C=CC(=O)N1CCOC(CC(=O)O)C1. The average Bonchev–Trinajstić information content (AvgIpc) is 2.45. The molecule has 1 aromatic rings. The van der Waals surface area contributed by atoms with E-state index in [0.29, 0.717) is 19.7 Å². The van der Waals surface area contributed by atoms with Crippen molar-refractivity contribution in [2.24, 2.45) is 0 Å². The van der Waals surface area contributed by atoms with Crippen molar-refractivity contribution in [3.05, 3.63) is 41.5 Å². The van der Waals surface area contributed by atoms with E-state index in [4.69, 9.17) is 9.84 Å². The number of carbonyl (C=O) groups excluding carboxylic acids is 1. The van der Waals surface area contributed by atoms with Gasteiger partial charge in [-0.1, -0.05) is 24.3 Å². The molecule has 0 aromatic heterocycles.